The number of hydrogen-bond donors (Lipinski definition) is 2. The molecule has 0 bridgehead atoms. The maximum Gasteiger partial charge on any atom is 0.135 e. The van der Waals surface area contributed by atoms with Gasteiger partial charge in [-0.25, -0.2) is 4.98 Å². The Morgan fingerprint density at radius 1 is 1.43 bits per heavy atom. The van der Waals surface area contributed by atoms with Crippen molar-refractivity contribution in [1.82, 2.24) is 9.88 Å². The highest BCUT2D eigenvalue weighted by Gasteiger charge is 2.30. The molecule has 1 aromatic heterocycles. The molecule has 1 aromatic rings. The van der Waals surface area contributed by atoms with Crippen LogP contribution in [0, 0.1) is 11.3 Å². The number of thiazole rings is 1. The summed E-state index contributed by atoms with van der Waals surface area (Å²) in [6, 6.07) is 0. The number of aromatic nitrogens is 1. The van der Waals surface area contributed by atoms with E-state index in [1.54, 1.807) is 0 Å². The van der Waals surface area contributed by atoms with E-state index in [-0.39, 0.29) is 11.2 Å². The van der Waals surface area contributed by atoms with Gasteiger partial charge in [0.1, 0.15) is 16.6 Å². The fraction of sp³-hybridized carbons (Fsp3) is 0.625. The van der Waals surface area contributed by atoms with E-state index >= 15 is 0 Å². The Morgan fingerprint density at radius 2 is 2.10 bits per heavy atom. The second kappa shape index (κ2) is 5.79. The Balaban J connectivity index is 2.18. The van der Waals surface area contributed by atoms with Crippen LogP contribution in [0.2, 0.25) is 0 Å². The van der Waals surface area contributed by atoms with E-state index in [4.69, 9.17) is 5.41 Å². The van der Waals surface area contributed by atoms with E-state index in [1.807, 2.05) is 10.3 Å². The number of nitrogens with zero attached hydrogens (tertiary/aromatic N) is 2. The van der Waals surface area contributed by atoms with E-state index in [2.05, 4.69) is 39.6 Å². The number of hydrogen-bond acceptors (Lipinski definition) is 4. The standard InChI is InChI=1S/C16H25N3OS/c1-10(2)6-7-19-8-11(20)13(14(19)17)15-18-12(9-21-15)16(3,4)5/h9-10,17,20H,6-8H2,1-5H3. The van der Waals surface area contributed by atoms with Crippen molar-refractivity contribution < 1.29 is 5.11 Å². The van der Waals surface area contributed by atoms with Crippen molar-refractivity contribution in [3.05, 3.63) is 21.8 Å². The molecule has 0 fully saturated rings. The van der Waals surface area contributed by atoms with Gasteiger partial charge in [0, 0.05) is 17.3 Å². The molecule has 5 heteroatoms. The van der Waals surface area contributed by atoms with Gasteiger partial charge in [-0.15, -0.1) is 11.3 Å². The molecule has 1 aliphatic heterocycles. The van der Waals surface area contributed by atoms with Crippen molar-refractivity contribution in [2.75, 3.05) is 13.1 Å². The van der Waals surface area contributed by atoms with Crippen LogP contribution in [-0.4, -0.2) is 33.9 Å². The molecule has 0 unspecified atom stereocenters. The maximum absolute atomic E-state index is 10.2. The lowest BCUT2D eigenvalue weighted by atomic mass is 9.93. The Bertz CT molecular complexity index is 566. The normalized spacial score (nSPS) is 16.5. The number of amidine groups is 1. The van der Waals surface area contributed by atoms with Gasteiger partial charge in [0.2, 0.25) is 0 Å². The van der Waals surface area contributed by atoms with Crippen molar-refractivity contribution in [2.24, 2.45) is 5.92 Å². The predicted octanol–water partition coefficient (Wildman–Crippen LogP) is 4.05. The maximum atomic E-state index is 10.2. The zero-order chi connectivity index (χ0) is 15.8. The largest absolute Gasteiger partial charge is 0.510 e. The molecule has 116 valence electrons. The Kier molecular flexibility index (Phi) is 4.42. The Morgan fingerprint density at radius 3 is 2.62 bits per heavy atom. The van der Waals surface area contributed by atoms with Gasteiger partial charge >= 0.3 is 0 Å². The highest BCUT2D eigenvalue weighted by atomic mass is 32.1. The fourth-order valence-corrected chi connectivity index (χ4v) is 3.31. The minimum atomic E-state index is -0.0109. The van der Waals surface area contributed by atoms with Gasteiger partial charge in [-0.05, 0) is 12.3 Å². The average molecular weight is 307 g/mol. The lowest BCUT2D eigenvalue weighted by Gasteiger charge is -2.19. The van der Waals surface area contributed by atoms with E-state index in [0.29, 0.717) is 23.9 Å². The first-order chi connectivity index (χ1) is 9.70. The second-order valence-corrected chi connectivity index (χ2v) is 7.92. The molecule has 1 aliphatic rings. The molecular formula is C16H25N3OS. The fourth-order valence-electron chi connectivity index (χ4n) is 2.20. The third-order valence-corrected chi connectivity index (χ3v) is 4.50. The summed E-state index contributed by atoms with van der Waals surface area (Å²) in [5.41, 5.74) is 1.61. The average Bonchev–Trinajstić information content (AvgIpc) is 2.91. The molecule has 2 N–H and O–H groups in total. The van der Waals surface area contributed by atoms with Crippen LogP contribution in [0.25, 0.3) is 5.57 Å². The van der Waals surface area contributed by atoms with Crippen LogP contribution in [0.15, 0.2) is 11.1 Å². The van der Waals surface area contributed by atoms with Crippen molar-refractivity contribution in [3.8, 4) is 0 Å². The van der Waals surface area contributed by atoms with Gasteiger partial charge < -0.3 is 10.0 Å². The summed E-state index contributed by atoms with van der Waals surface area (Å²) in [5.74, 6) is 1.28. The van der Waals surface area contributed by atoms with Gasteiger partial charge in [-0.3, -0.25) is 5.41 Å². The molecule has 0 amide bonds. The summed E-state index contributed by atoms with van der Waals surface area (Å²) in [5, 5.41) is 21.3. The highest BCUT2D eigenvalue weighted by Crippen LogP contribution is 2.32. The molecule has 21 heavy (non-hydrogen) atoms. The first-order valence-corrected chi connectivity index (χ1v) is 8.30. The summed E-state index contributed by atoms with van der Waals surface area (Å²) < 4.78 is 0. The van der Waals surface area contributed by atoms with Gasteiger partial charge in [0.15, 0.2) is 0 Å². The lowest BCUT2D eigenvalue weighted by molar-refractivity contribution is 0.337. The highest BCUT2D eigenvalue weighted by molar-refractivity contribution is 7.11. The van der Waals surface area contributed by atoms with Crippen molar-refractivity contribution in [1.29, 1.82) is 5.41 Å². The second-order valence-electron chi connectivity index (χ2n) is 7.06. The van der Waals surface area contributed by atoms with Crippen LogP contribution in [0.4, 0.5) is 0 Å². The predicted molar refractivity (Wildman–Crippen MR) is 89.1 cm³/mol. The summed E-state index contributed by atoms with van der Waals surface area (Å²) in [4.78, 5) is 6.56. The first-order valence-electron chi connectivity index (χ1n) is 7.42. The van der Waals surface area contributed by atoms with Crippen LogP contribution in [0.1, 0.15) is 51.7 Å². The van der Waals surface area contributed by atoms with E-state index in [1.165, 1.54) is 11.3 Å². The zero-order valence-electron chi connectivity index (χ0n) is 13.5. The van der Waals surface area contributed by atoms with Crippen LogP contribution in [0.5, 0.6) is 0 Å². The van der Waals surface area contributed by atoms with Gasteiger partial charge in [0.25, 0.3) is 0 Å². The third kappa shape index (κ3) is 3.46. The summed E-state index contributed by atoms with van der Waals surface area (Å²) in [6.07, 6.45) is 1.02. The minimum absolute atomic E-state index is 0.0109. The zero-order valence-corrected chi connectivity index (χ0v) is 14.3. The molecule has 4 nitrogen and oxygen atoms in total. The van der Waals surface area contributed by atoms with Gasteiger partial charge in [0.05, 0.1) is 17.8 Å². The molecule has 0 saturated heterocycles. The molecule has 0 aromatic carbocycles. The van der Waals surface area contributed by atoms with E-state index in [9.17, 15) is 5.11 Å². The SMILES string of the molecule is CC(C)CCN1CC(O)=C(c2nc(C(C)(C)C)cs2)C1=N. The van der Waals surface area contributed by atoms with Crippen LogP contribution < -0.4 is 0 Å². The summed E-state index contributed by atoms with van der Waals surface area (Å²) >= 11 is 1.51. The van der Waals surface area contributed by atoms with Gasteiger partial charge in [-0.1, -0.05) is 34.6 Å². The van der Waals surface area contributed by atoms with Crippen molar-refractivity contribution >= 4 is 22.7 Å². The smallest absolute Gasteiger partial charge is 0.135 e. The first kappa shape index (κ1) is 16.0. The third-order valence-electron chi connectivity index (χ3n) is 3.65. The molecule has 0 saturated carbocycles. The monoisotopic (exact) mass is 307 g/mol. The number of rotatable bonds is 4. The van der Waals surface area contributed by atoms with Crippen LogP contribution in [0.3, 0.4) is 0 Å². The van der Waals surface area contributed by atoms with Crippen LogP contribution >= 0.6 is 11.3 Å². The summed E-state index contributed by atoms with van der Waals surface area (Å²) in [6.45, 7) is 11.9. The topological polar surface area (TPSA) is 60.2 Å². The molecule has 0 radical (unpaired) electrons. The Hall–Kier alpha value is -1.36. The molecule has 2 heterocycles. The number of aliphatic hydroxyl groups excluding tert-OH is 1. The molecule has 2 rings (SSSR count). The number of aliphatic hydroxyl groups is 1. The number of nitrogens with one attached hydrogen (secondary N) is 1. The lowest BCUT2D eigenvalue weighted by Crippen LogP contribution is -2.28. The molecule has 0 aliphatic carbocycles. The molecule has 0 atom stereocenters. The quantitative estimate of drug-likeness (QED) is 0.882. The summed E-state index contributed by atoms with van der Waals surface area (Å²) in [7, 11) is 0. The van der Waals surface area contributed by atoms with Crippen LogP contribution in [-0.2, 0) is 5.41 Å². The van der Waals surface area contributed by atoms with Gasteiger partial charge in [-0.2, -0.15) is 0 Å². The van der Waals surface area contributed by atoms with Crippen molar-refractivity contribution in [3.63, 3.8) is 0 Å². The van der Waals surface area contributed by atoms with E-state index in [0.717, 1.165) is 23.7 Å². The minimum Gasteiger partial charge on any atom is -0.510 e. The molecular weight excluding hydrogens is 282 g/mol. The molecule has 0 spiro atoms. The van der Waals surface area contributed by atoms with Crippen molar-refractivity contribution in [2.45, 2.75) is 46.5 Å². The Labute approximate surface area is 131 Å². The van der Waals surface area contributed by atoms with E-state index < -0.39 is 0 Å².